The lowest BCUT2D eigenvalue weighted by molar-refractivity contribution is -0.148. The monoisotopic (exact) mass is 662 g/mol. The summed E-state index contributed by atoms with van der Waals surface area (Å²) in [6.45, 7) is 10.9. The number of hydrogen-bond donors (Lipinski definition) is 0. The van der Waals surface area contributed by atoms with Crippen LogP contribution < -0.4 is 0 Å². The molecule has 4 rings (SSSR count). The molecule has 3 atom stereocenters. The number of nitrogens with zero attached hydrogens (tertiary/aromatic N) is 2. The molecule has 0 radical (unpaired) electrons. The van der Waals surface area contributed by atoms with Crippen molar-refractivity contribution >= 4 is 40.9 Å². The molecular formula is C38H44Cl2N2O4. The van der Waals surface area contributed by atoms with E-state index in [0.29, 0.717) is 28.5 Å². The largest absolute Gasteiger partial charge is 0.465 e. The van der Waals surface area contributed by atoms with E-state index in [1.165, 1.54) is 11.1 Å². The summed E-state index contributed by atoms with van der Waals surface area (Å²) in [4.78, 5) is 34.3. The van der Waals surface area contributed by atoms with Crippen molar-refractivity contribution in [1.29, 1.82) is 0 Å². The fourth-order valence-corrected chi connectivity index (χ4v) is 6.53. The van der Waals surface area contributed by atoms with Crippen LogP contribution in [0.25, 0.3) is 0 Å². The van der Waals surface area contributed by atoms with Gasteiger partial charge in [-0.05, 0) is 69.5 Å². The van der Waals surface area contributed by atoms with Crippen molar-refractivity contribution in [2.24, 2.45) is 16.8 Å². The van der Waals surface area contributed by atoms with E-state index in [1.807, 2.05) is 40.0 Å². The van der Waals surface area contributed by atoms with Gasteiger partial charge < -0.3 is 14.4 Å². The molecule has 3 aromatic carbocycles. The molecule has 3 aromatic rings. The Morgan fingerprint density at radius 3 is 2.09 bits per heavy atom. The third-order valence-electron chi connectivity index (χ3n) is 8.26. The summed E-state index contributed by atoms with van der Waals surface area (Å²) in [5.41, 5.74) is 4.39. The number of carbonyl (C=O) groups excluding carboxylic acids is 2. The van der Waals surface area contributed by atoms with Gasteiger partial charge in [-0.3, -0.25) is 9.79 Å². The molecule has 6 nitrogen and oxygen atoms in total. The quantitative estimate of drug-likeness (QED) is 0.171. The number of hydrogen-bond acceptors (Lipinski definition) is 6. The zero-order valence-corrected chi connectivity index (χ0v) is 29.0. The van der Waals surface area contributed by atoms with Crippen LogP contribution in [0.1, 0.15) is 69.6 Å². The molecule has 8 heteroatoms. The summed E-state index contributed by atoms with van der Waals surface area (Å²) < 4.78 is 11.7. The molecule has 0 saturated carbocycles. The fourth-order valence-electron chi connectivity index (χ4n) is 6.10. The van der Waals surface area contributed by atoms with E-state index in [-0.39, 0.29) is 29.0 Å². The number of halogens is 2. The first-order valence-electron chi connectivity index (χ1n) is 15.8. The SMILES string of the molecule is CC1=NC(C)=C(C(=O)OC(C)CN(C)CCC(c2ccccc2)c2ccccc2)C(c2cccc(Cl)c2Cl)C1C(=O)OCC(C)C. The average molecular weight is 664 g/mol. The third kappa shape index (κ3) is 8.87. The number of ether oxygens (including phenoxy) is 2. The summed E-state index contributed by atoms with van der Waals surface area (Å²) in [6, 6.07) is 26.2. The molecule has 0 amide bonds. The minimum atomic E-state index is -0.855. The van der Waals surface area contributed by atoms with E-state index in [2.05, 4.69) is 58.4 Å². The number of benzene rings is 3. The average Bonchev–Trinajstić information content (AvgIpc) is 3.02. The lowest BCUT2D eigenvalue weighted by atomic mass is 9.75. The lowest BCUT2D eigenvalue weighted by Crippen LogP contribution is -2.38. The van der Waals surface area contributed by atoms with Crippen LogP contribution in [0, 0.1) is 11.8 Å². The summed E-state index contributed by atoms with van der Waals surface area (Å²) in [5.74, 6) is -2.23. The van der Waals surface area contributed by atoms with Crippen LogP contribution in [-0.2, 0) is 19.1 Å². The highest BCUT2D eigenvalue weighted by molar-refractivity contribution is 6.42. The Morgan fingerprint density at radius 2 is 1.50 bits per heavy atom. The van der Waals surface area contributed by atoms with Gasteiger partial charge in [-0.25, -0.2) is 4.79 Å². The number of rotatable bonds is 13. The second-order valence-corrected chi connectivity index (χ2v) is 13.3. The van der Waals surface area contributed by atoms with Crippen molar-refractivity contribution in [3.63, 3.8) is 0 Å². The summed E-state index contributed by atoms with van der Waals surface area (Å²) in [6.07, 6.45) is 0.470. The summed E-state index contributed by atoms with van der Waals surface area (Å²) in [5, 5.41) is 0.612. The maximum atomic E-state index is 14.0. The second kappa shape index (κ2) is 16.4. The number of esters is 2. The lowest BCUT2D eigenvalue weighted by Gasteiger charge is -2.33. The van der Waals surface area contributed by atoms with Crippen LogP contribution in [0.4, 0.5) is 0 Å². The van der Waals surface area contributed by atoms with Gasteiger partial charge in [0.2, 0.25) is 0 Å². The summed E-state index contributed by atoms with van der Waals surface area (Å²) >= 11 is 13.1. The first-order valence-corrected chi connectivity index (χ1v) is 16.6. The van der Waals surface area contributed by atoms with Crippen LogP contribution in [0.5, 0.6) is 0 Å². The predicted molar refractivity (Wildman–Crippen MR) is 187 cm³/mol. The minimum absolute atomic E-state index is 0.146. The first kappa shape index (κ1) is 35.4. The third-order valence-corrected chi connectivity index (χ3v) is 9.09. The molecule has 1 aliphatic heterocycles. The molecular weight excluding hydrogens is 619 g/mol. The normalized spacial score (nSPS) is 17.3. The van der Waals surface area contributed by atoms with Crippen LogP contribution in [-0.4, -0.2) is 55.4 Å². The Balaban J connectivity index is 1.52. The molecule has 0 aliphatic carbocycles. The molecule has 244 valence electrons. The van der Waals surface area contributed by atoms with Gasteiger partial charge >= 0.3 is 11.9 Å². The zero-order valence-electron chi connectivity index (χ0n) is 27.5. The number of aliphatic imine (C=N–C) groups is 1. The molecule has 0 bridgehead atoms. The van der Waals surface area contributed by atoms with Crippen molar-refractivity contribution in [2.45, 2.75) is 59.0 Å². The van der Waals surface area contributed by atoms with E-state index in [4.69, 9.17) is 32.7 Å². The highest BCUT2D eigenvalue weighted by Crippen LogP contribution is 2.44. The molecule has 46 heavy (non-hydrogen) atoms. The molecule has 0 fully saturated rings. The van der Waals surface area contributed by atoms with E-state index >= 15 is 0 Å². The molecule has 1 aliphatic rings. The van der Waals surface area contributed by atoms with Gasteiger partial charge in [-0.2, -0.15) is 0 Å². The Hall–Kier alpha value is -3.45. The fraction of sp³-hybridized carbons (Fsp3) is 0.395. The van der Waals surface area contributed by atoms with Gasteiger partial charge in [0.05, 0.1) is 22.2 Å². The molecule has 0 aromatic heterocycles. The topological polar surface area (TPSA) is 68.2 Å². The van der Waals surface area contributed by atoms with Gasteiger partial charge in [-0.1, -0.05) is 110 Å². The molecule has 0 saturated heterocycles. The Labute approximate surface area is 283 Å². The van der Waals surface area contributed by atoms with E-state index in [9.17, 15) is 9.59 Å². The molecule has 0 N–H and O–H groups in total. The predicted octanol–water partition coefficient (Wildman–Crippen LogP) is 8.73. The van der Waals surface area contributed by atoms with Gasteiger partial charge in [0.1, 0.15) is 12.0 Å². The highest BCUT2D eigenvalue weighted by Gasteiger charge is 2.44. The highest BCUT2D eigenvalue weighted by atomic mass is 35.5. The Morgan fingerprint density at radius 1 is 0.891 bits per heavy atom. The maximum absolute atomic E-state index is 14.0. The minimum Gasteiger partial charge on any atom is -0.465 e. The van der Waals surface area contributed by atoms with Gasteiger partial charge in [0.15, 0.2) is 0 Å². The van der Waals surface area contributed by atoms with E-state index in [0.717, 1.165) is 13.0 Å². The standard InChI is InChI=1S/C38H44Cl2N2O4/c1-24(2)23-45-37(43)33-26(4)41-27(5)34(35(33)31-18-13-19-32(39)36(31)40)38(44)46-25(3)22-42(6)21-20-30(28-14-9-7-10-15-28)29-16-11-8-12-17-29/h7-19,24-25,30,33,35H,20-23H2,1-6H3. The summed E-state index contributed by atoms with van der Waals surface area (Å²) in [7, 11) is 2.03. The van der Waals surface area contributed by atoms with Gasteiger partial charge in [0.25, 0.3) is 0 Å². The van der Waals surface area contributed by atoms with Crippen LogP contribution in [0.2, 0.25) is 10.0 Å². The first-order chi connectivity index (χ1) is 22.0. The van der Waals surface area contributed by atoms with E-state index < -0.39 is 29.9 Å². The maximum Gasteiger partial charge on any atom is 0.336 e. The molecule has 3 unspecified atom stereocenters. The van der Waals surface area contributed by atoms with Crippen molar-refractivity contribution in [2.75, 3.05) is 26.7 Å². The second-order valence-electron chi connectivity index (χ2n) is 12.5. The Kier molecular flexibility index (Phi) is 12.6. The zero-order chi connectivity index (χ0) is 33.4. The van der Waals surface area contributed by atoms with Crippen molar-refractivity contribution in [3.05, 3.63) is 117 Å². The molecule has 1 heterocycles. The smallest absolute Gasteiger partial charge is 0.336 e. The number of likely N-dealkylation sites (N-methyl/N-ethyl adjacent to an activating group) is 1. The van der Waals surface area contributed by atoms with Gasteiger partial charge in [-0.15, -0.1) is 0 Å². The Bertz CT molecular complexity index is 1520. The van der Waals surface area contributed by atoms with Crippen LogP contribution in [0.15, 0.2) is 95.1 Å². The van der Waals surface area contributed by atoms with E-state index in [1.54, 1.807) is 32.0 Å². The van der Waals surface area contributed by atoms with Crippen LogP contribution >= 0.6 is 23.2 Å². The van der Waals surface area contributed by atoms with Crippen molar-refractivity contribution in [3.8, 4) is 0 Å². The number of carbonyl (C=O) groups is 2. The van der Waals surface area contributed by atoms with Crippen molar-refractivity contribution < 1.29 is 19.1 Å². The number of allylic oxidation sites excluding steroid dienone is 1. The van der Waals surface area contributed by atoms with Gasteiger partial charge in [0, 0.05) is 29.8 Å². The van der Waals surface area contributed by atoms with Crippen molar-refractivity contribution in [1.82, 2.24) is 4.90 Å². The van der Waals surface area contributed by atoms with Crippen LogP contribution in [0.3, 0.4) is 0 Å². The molecule has 0 spiro atoms.